The van der Waals surface area contributed by atoms with E-state index in [1.807, 2.05) is 93.6 Å². The van der Waals surface area contributed by atoms with Crippen LogP contribution in [0, 0.1) is 6.92 Å². The number of anilines is 2. The summed E-state index contributed by atoms with van der Waals surface area (Å²) in [5.41, 5.74) is 4.46. The van der Waals surface area contributed by atoms with Crippen molar-refractivity contribution in [3.8, 4) is 17.1 Å². The number of rotatable bonds is 8. The summed E-state index contributed by atoms with van der Waals surface area (Å²) in [6, 6.07) is 23.1. The predicted octanol–water partition coefficient (Wildman–Crippen LogP) is 6.57. The maximum Gasteiger partial charge on any atom is 0.224 e. The molecular formula is C30H30N4O3S. The smallest absolute Gasteiger partial charge is 0.224 e. The second-order valence-electron chi connectivity index (χ2n) is 9.06. The fraction of sp³-hybridized carbons (Fsp3) is 0.233. The summed E-state index contributed by atoms with van der Waals surface area (Å²) in [5, 5.41) is 7.00. The third-order valence-electron chi connectivity index (χ3n) is 6.55. The van der Waals surface area contributed by atoms with Crippen LogP contribution in [0.25, 0.3) is 11.3 Å². The van der Waals surface area contributed by atoms with Crippen molar-refractivity contribution in [1.29, 1.82) is 0 Å². The molecule has 8 heteroatoms. The number of aryl methyl sites for hydroxylation is 1. The molecule has 194 valence electrons. The Morgan fingerprint density at radius 1 is 1.11 bits per heavy atom. The van der Waals surface area contributed by atoms with Crippen LogP contribution in [0.1, 0.15) is 49.4 Å². The number of hydrogen-bond acceptors (Lipinski definition) is 5. The number of amides is 1. The highest BCUT2D eigenvalue weighted by molar-refractivity contribution is 7.80. The highest BCUT2D eigenvalue weighted by Gasteiger charge is 2.42. The van der Waals surface area contributed by atoms with E-state index < -0.39 is 0 Å². The first kappa shape index (κ1) is 25.5. The Kier molecular flexibility index (Phi) is 7.42. The number of furan rings is 1. The molecule has 2 unspecified atom stereocenters. The molecule has 38 heavy (non-hydrogen) atoms. The molecule has 2 aromatic carbocycles. The zero-order valence-corrected chi connectivity index (χ0v) is 22.4. The Labute approximate surface area is 227 Å². The average Bonchev–Trinajstić information content (AvgIpc) is 3.55. The molecule has 0 radical (unpaired) electrons. The van der Waals surface area contributed by atoms with Gasteiger partial charge in [-0.2, -0.15) is 0 Å². The normalized spacial score (nSPS) is 16.8. The molecule has 2 aromatic heterocycles. The summed E-state index contributed by atoms with van der Waals surface area (Å²) < 4.78 is 12.0. The highest BCUT2D eigenvalue weighted by atomic mass is 32.1. The number of nitrogens with one attached hydrogen (secondary N) is 2. The quantitative estimate of drug-likeness (QED) is 0.251. The van der Waals surface area contributed by atoms with Gasteiger partial charge in [0.1, 0.15) is 23.3 Å². The van der Waals surface area contributed by atoms with Crippen LogP contribution in [0.3, 0.4) is 0 Å². The van der Waals surface area contributed by atoms with E-state index in [0.29, 0.717) is 18.1 Å². The summed E-state index contributed by atoms with van der Waals surface area (Å²) in [5.74, 6) is 2.32. The van der Waals surface area contributed by atoms with Gasteiger partial charge in [-0.3, -0.25) is 9.78 Å². The Morgan fingerprint density at radius 3 is 2.61 bits per heavy atom. The zero-order valence-electron chi connectivity index (χ0n) is 21.6. The lowest BCUT2D eigenvalue weighted by atomic mass is 10.0. The minimum Gasteiger partial charge on any atom is -0.494 e. The van der Waals surface area contributed by atoms with E-state index in [0.717, 1.165) is 45.5 Å². The number of hydrogen-bond donors (Lipinski definition) is 2. The van der Waals surface area contributed by atoms with Crippen LogP contribution in [0.2, 0.25) is 0 Å². The first-order valence-electron chi connectivity index (χ1n) is 12.7. The predicted molar refractivity (Wildman–Crippen MR) is 153 cm³/mol. The summed E-state index contributed by atoms with van der Waals surface area (Å²) in [6.45, 7) is 6.39. The lowest BCUT2D eigenvalue weighted by molar-refractivity contribution is -0.115. The molecule has 2 N–H and O–H groups in total. The van der Waals surface area contributed by atoms with Gasteiger partial charge in [-0.1, -0.05) is 13.0 Å². The highest BCUT2D eigenvalue weighted by Crippen LogP contribution is 2.43. The fourth-order valence-electron chi connectivity index (χ4n) is 4.65. The molecule has 2 atom stereocenters. The molecule has 0 saturated carbocycles. The lowest BCUT2D eigenvalue weighted by Gasteiger charge is -2.26. The standard InChI is InChI=1S/C30H30N4O3S/c1-4-27(35)32-23-14-11-21(18-19(23)3)34-29(28(33-30(34)38)24-8-6-7-17-31-24)26-16-15-25(37-26)20-9-12-22(13-10-20)36-5-2/h6-18,28-29H,4-5H2,1-3H3,(H,32,35)(H,33,38). The number of benzene rings is 2. The first-order chi connectivity index (χ1) is 18.5. The van der Waals surface area contributed by atoms with E-state index in [2.05, 4.69) is 20.5 Å². The van der Waals surface area contributed by atoms with Crippen molar-refractivity contribution in [2.24, 2.45) is 0 Å². The van der Waals surface area contributed by atoms with Crippen molar-refractivity contribution in [1.82, 2.24) is 10.3 Å². The Balaban J connectivity index is 1.52. The third kappa shape index (κ3) is 5.13. The second-order valence-corrected chi connectivity index (χ2v) is 9.44. The van der Waals surface area contributed by atoms with Gasteiger partial charge in [-0.05, 0) is 98.4 Å². The molecule has 1 amide bonds. The van der Waals surface area contributed by atoms with Crippen LogP contribution in [0.4, 0.5) is 11.4 Å². The summed E-state index contributed by atoms with van der Waals surface area (Å²) >= 11 is 5.84. The van der Waals surface area contributed by atoms with E-state index in [1.165, 1.54) is 0 Å². The van der Waals surface area contributed by atoms with E-state index in [4.69, 9.17) is 21.4 Å². The number of aromatic nitrogens is 1. The molecule has 0 bridgehead atoms. The molecule has 4 aromatic rings. The summed E-state index contributed by atoms with van der Waals surface area (Å²) in [6.07, 6.45) is 2.20. The minimum absolute atomic E-state index is 0.0234. The van der Waals surface area contributed by atoms with Crippen molar-refractivity contribution in [2.45, 2.75) is 39.3 Å². The van der Waals surface area contributed by atoms with Crippen molar-refractivity contribution < 1.29 is 13.9 Å². The van der Waals surface area contributed by atoms with Crippen LogP contribution >= 0.6 is 12.2 Å². The zero-order chi connectivity index (χ0) is 26.6. The number of ether oxygens (including phenoxy) is 1. The van der Waals surface area contributed by atoms with Crippen molar-refractivity contribution in [3.63, 3.8) is 0 Å². The van der Waals surface area contributed by atoms with E-state index in [-0.39, 0.29) is 18.0 Å². The van der Waals surface area contributed by atoms with Gasteiger partial charge in [0.25, 0.3) is 0 Å². The van der Waals surface area contributed by atoms with Gasteiger partial charge in [0, 0.05) is 29.6 Å². The topological polar surface area (TPSA) is 79.6 Å². The fourth-order valence-corrected chi connectivity index (χ4v) is 4.99. The van der Waals surface area contributed by atoms with Crippen LogP contribution in [-0.4, -0.2) is 22.6 Å². The Hall–Kier alpha value is -4.17. The molecule has 1 saturated heterocycles. The number of pyridine rings is 1. The van der Waals surface area contributed by atoms with Gasteiger partial charge >= 0.3 is 0 Å². The van der Waals surface area contributed by atoms with Crippen molar-refractivity contribution >= 4 is 34.6 Å². The molecule has 5 rings (SSSR count). The Morgan fingerprint density at radius 2 is 1.92 bits per heavy atom. The molecule has 1 fully saturated rings. The average molecular weight is 527 g/mol. The molecule has 0 aliphatic carbocycles. The number of thiocarbonyl (C=S) groups is 1. The van der Waals surface area contributed by atoms with Gasteiger partial charge in [-0.15, -0.1) is 0 Å². The number of nitrogens with zero attached hydrogens (tertiary/aromatic N) is 2. The Bertz CT molecular complexity index is 1440. The molecule has 3 heterocycles. The molecule has 1 aliphatic rings. The summed E-state index contributed by atoms with van der Waals surface area (Å²) in [4.78, 5) is 18.6. The minimum atomic E-state index is -0.274. The number of carbonyl (C=O) groups is 1. The SMILES string of the molecule is CCOc1ccc(-c2ccc(C3C(c4ccccn4)NC(=S)N3c3ccc(NC(=O)CC)c(C)c3)o2)cc1. The van der Waals surface area contributed by atoms with Gasteiger partial charge < -0.3 is 24.7 Å². The van der Waals surface area contributed by atoms with Gasteiger partial charge in [0.15, 0.2) is 5.11 Å². The van der Waals surface area contributed by atoms with Gasteiger partial charge in [0.2, 0.25) is 5.91 Å². The second kappa shape index (κ2) is 11.1. The molecule has 0 spiro atoms. The monoisotopic (exact) mass is 526 g/mol. The van der Waals surface area contributed by atoms with Crippen LogP contribution in [0.15, 0.2) is 83.4 Å². The van der Waals surface area contributed by atoms with Crippen LogP contribution < -0.4 is 20.3 Å². The van der Waals surface area contributed by atoms with Crippen molar-refractivity contribution in [3.05, 3.63) is 96.0 Å². The number of carbonyl (C=O) groups excluding carboxylic acids is 1. The molecule has 1 aliphatic heterocycles. The maximum atomic E-state index is 12.0. The largest absolute Gasteiger partial charge is 0.494 e. The van der Waals surface area contributed by atoms with Crippen molar-refractivity contribution in [2.75, 3.05) is 16.8 Å². The van der Waals surface area contributed by atoms with Gasteiger partial charge in [-0.25, -0.2) is 0 Å². The van der Waals surface area contributed by atoms with Crippen LogP contribution in [0.5, 0.6) is 5.75 Å². The van der Waals surface area contributed by atoms with Gasteiger partial charge in [0.05, 0.1) is 18.3 Å². The van der Waals surface area contributed by atoms with E-state index in [1.54, 1.807) is 6.20 Å². The van der Waals surface area contributed by atoms with Crippen LogP contribution in [-0.2, 0) is 4.79 Å². The van der Waals surface area contributed by atoms with E-state index in [9.17, 15) is 4.79 Å². The maximum absolute atomic E-state index is 12.0. The molecule has 7 nitrogen and oxygen atoms in total. The third-order valence-corrected chi connectivity index (χ3v) is 6.86. The lowest BCUT2D eigenvalue weighted by Crippen LogP contribution is -2.29. The molecular weight excluding hydrogens is 496 g/mol. The summed E-state index contributed by atoms with van der Waals surface area (Å²) in [7, 11) is 0. The van der Waals surface area contributed by atoms with E-state index >= 15 is 0 Å². The first-order valence-corrected chi connectivity index (χ1v) is 13.1.